The Morgan fingerprint density at radius 3 is 2.50 bits per heavy atom. The summed E-state index contributed by atoms with van der Waals surface area (Å²) in [6.45, 7) is 12.0. The minimum Gasteiger partial charge on any atom is -0.356 e. The third kappa shape index (κ3) is 8.10. The normalized spacial score (nSPS) is 16.2. The Hall–Kier alpha value is -1.05. The fourth-order valence-electron chi connectivity index (χ4n) is 3.11. The molecule has 0 atom stereocenters. The second-order valence-electron chi connectivity index (χ2n) is 8.26. The number of aryl methyl sites for hydroxylation is 1. The highest BCUT2D eigenvalue weighted by molar-refractivity contribution is 14.0. The van der Waals surface area contributed by atoms with Crippen LogP contribution in [0.3, 0.4) is 0 Å². The summed E-state index contributed by atoms with van der Waals surface area (Å²) in [5, 5.41) is 7.03. The molecule has 1 aromatic rings. The van der Waals surface area contributed by atoms with Crippen molar-refractivity contribution in [1.82, 2.24) is 15.6 Å². The molecular formula is C20H36IN5. The lowest BCUT2D eigenvalue weighted by Gasteiger charge is -2.33. The van der Waals surface area contributed by atoms with E-state index >= 15 is 0 Å². The van der Waals surface area contributed by atoms with Crippen molar-refractivity contribution < 1.29 is 0 Å². The van der Waals surface area contributed by atoms with Gasteiger partial charge in [-0.1, -0.05) is 26.8 Å². The summed E-state index contributed by atoms with van der Waals surface area (Å²) in [5.74, 6) is 2.02. The van der Waals surface area contributed by atoms with Crippen LogP contribution < -0.4 is 15.5 Å². The van der Waals surface area contributed by atoms with Gasteiger partial charge in [0.25, 0.3) is 0 Å². The van der Waals surface area contributed by atoms with Gasteiger partial charge in [-0.25, -0.2) is 4.98 Å². The van der Waals surface area contributed by atoms with Crippen molar-refractivity contribution in [1.29, 1.82) is 0 Å². The third-order valence-corrected chi connectivity index (χ3v) is 4.68. The van der Waals surface area contributed by atoms with E-state index in [9.17, 15) is 0 Å². The fraction of sp³-hybridized carbons (Fsp3) is 0.700. The average Bonchev–Trinajstić information content (AvgIpc) is 2.58. The van der Waals surface area contributed by atoms with Crippen molar-refractivity contribution in [2.45, 2.75) is 59.4 Å². The first-order valence-corrected chi connectivity index (χ1v) is 9.52. The van der Waals surface area contributed by atoms with E-state index in [1.807, 2.05) is 13.2 Å². The van der Waals surface area contributed by atoms with Gasteiger partial charge in [0, 0.05) is 38.9 Å². The van der Waals surface area contributed by atoms with Crippen molar-refractivity contribution >= 4 is 35.8 Å². The number of guanidine groups is 1. The molecule has 1 aliphatic rings. The first kappa shape index (κ1) is 23.0. The van der Waals surface area contributed by atoms with Crippen LogP contribution >= 0.6 is 24.0 Å². The van der Waals surface area contributed by atoms with Gasteiger partial charge in [0.15, 0.2) is 5.96 Å². The van der Waals surface area contributed by atoms with Gasteiger partial charge < -0.3 is 15.5 Å². The predicted molar refractivity (Wildman–Crippen MR) is 123 cm³/mol. The van der Waals surface area contributed by atoms with Crippen molar-refractivity contribution in [2.75, 3.05) is 31.6 Å². The fourth-order valence-corrected chi connectivity index (χ4v) is 3.11. The van der Waals surface area contributed by atoms with Gasteiger partial charge in [-0.3, -0.25) is 4.99 Å². The number of aromatic nitrogens is 1. The van der Waals surface area contributed by atoms with Crippen LogP contribution in [-0.2, 0) is 0 Å². The molecule has 6 heteroatoms. The molecule has 2 N–H and O–H groups in total. The molecule has 0 radical (unpaired) electrons. The predicted octanol–water partition coefficient (Wildman–Crippen LogP) is 3.97. The Balaban J connectivity index is 0.00000338. The molecule has 26 heavy (non-hydrogen) atoms. The summed E-state index contributed by atoms with van der Waals surface area (Å²) in [7, 11) is 1.85. The highest BCUT2D eigenvalue weighted by Crippen LogP contribution is 2.20. The number of rotatable bonds is 5. The molecule has 0 aromatic carbocycles. The zero-order chi connectivity index (χ0) is 18.3. The van der Waals surface area contributed by atoms with Crippen LogP contribution in [0.25, 0.3) is 0 Å². The van der Waals surface area contributed by atoms with Crippen LogP contribution in [0.1, 0.15) is 52.0 Å². The number of anilines is 1. The lowest BCUT2D eigenvalue weighted by molar-refractivity contribution is 0.365. The summed E-state index contributed by atoms with van der Waals surface area (Å²) >= 11 is 0. The number of halogens is 1. The molecule has 1 aliphatic heterocycles. The van der Waals surface area contributed by atoms with Gasteiger partial charge in [-0.2, -0.15) is 0 Å². The summed E-state index contributed by atoms with van der Waals surface area (Å²) in [6.07, 6.45) is 6.56. The lowest BCUT2D eigenvalue weighted by atomic mass is 9.91. The molecule has 0 spiro atoms. The van der Waals surface area contributed by atoms with Gasteiger partial charge in [-0.15, -0.1) is 24.0 Å². The van der Waals surface area contributed by atoms with Gasteiger partial charge in [0.05, 0.1) is 0 Å². The van der Waals surface area contributed by atoms with Crippen LogP contribution in [0.5, 0.6) is 0 Å². The summed E-state index contributed by atoms with van der Waals surface area (Å²) < 4.78 is 0. The van der Waals surface area contributed by atoms with Crippen molar-refractivity contribution in [2.24, 2.45) is 10.4 Å². The standard InChI is InChI=1S/C20H35N5.HI/c1-16-7-8-18(23-15-16)25-13-9-17(10-14-25)24-19(21-5)22-12-6-11-20(2,3)4;/h7-8,15,17H,6,9-14H2,1-5H3,(H2,21,22,24);1H. The van der Waals surface area contributed by atoms with Gasteiger partial charge in [0.1, 0.15) is 5.82 Å². The van der Waals surface area contributed by atoms with E-state index < -0.39 is 0 Å². The molecule has 1 aromatic heterocycles. The number of aliphatic imine (C=N–C) groups is 1. The van der Waals surface area contributed by atoms with E-state index in [1.54, 1.807) is 0 Å². The minimum absolute atomic E-state index is 0. The molecule has 1 saturated heterocycles. The second-order valence-corrected chi connectivity index (χ2v) is 8.26. The van der Waals surface area contributed by atoms with E-state index in [0.717, 1.165) is 44.3 Å². The zero-order valence-electron chi connectivity index (χ0n) is 17.0. The lowest BCUT2D eigenvalue weighted by Crippen LogP contribution is -2.49. The second kappa shape index (κ2) is 10.9. The Kier molecular flexibility index (Phi) is 9.68. The average molecular weight is 473 g/mol. The van der Waals surface area contributed by atoms with Gasteiger partial charge >= 0.3 is 0 Å². The SMILES string of the molecule is CN=C(NCCCC(C)(C)C)NC1CCN(c2ccc(C)cn2)CC1.I. The highest BCUT2D eigenvalue weighted by atomic mass is 127. The number of pyridine rings is 1. The topological polar surface area (TPSA) is 52.6 Å². The van der Waals surface area contributed by atoms with Crippen LogP contribution in [0.15, 0.2) is 23.3 Å². The third-order valence-electron chi connectivity index (χ3n) is 4.68. The Morgan fingerprint density at radius 2 is 1.96 bits per heavy atom. The Labute approximate surface area is 176 Å². The molecule has 148 valence electrons. The summed E-state index contributed by atoms with van der Waals surface area (Å²) in [6, 6.07) is 4.74. The maximum absolute atomic E-state index is 4.54. The first-order valence-electron chi connectivity index (χ1n) is 9.52. The quantitative estimate of drug-likeness (QED) is 0.294. The summed E-state index contributed by atoms with van der Waals surface area (Å²) in [5.41, 5.74) is 1.61. The molecule has 2 heterocycles. The number of hydrogen-bond acceptors (Lipinski definition) is 3. The maximum Gasteiger partial charge on any atom is 0.191 e. The van der Waals surface area contributed by atoms with E-state index in [2.05, 4.69) is 65.3 Å². The van der Waals surface area contributed by atoms with Gasteiger partial charge in [0.2, 0.25) is 0 Å². The van der Waals surface area contributed by atoms with Crippen LogP contribution in [0.4, 0.5) is 5.82 Å². The minimum atomic E-state index is 0. The molecule has 0 bridgehead atoms. The molecule has 0 amide bonds. The number of piperidine rings is 1. The van der Waals surface area contributed by atoms with E-state index in [0.29, 0.717) is 11.5 Å². The van der Waals surface area contributed by atoms with E-state index in [1.165, 1.54) is 18.4 Å². The number of nitrogens with one attached hydrogen (secondary N) is 2. The molecule has 0 aliphatic carbocycles. The van der Waals surface area contributed by atoms with Crippen molar-refractivity contribution in [3.63, 3.8) is 0 Å². The molecule has 5 nitrogen and oxygen atoms in total. The molecular weight excluding hydrogens is 437 g/mol. The van der Waals surface area contributed by atoms with Gasteiger partial charge in [-0.05, 0) is 49.7 Å². The van der Waals surface area contributed by atoms with E-state index in [4.69, 9.17) is 0 Å². The maximum atomic E-state index is 4.54. The monoisotopic (exact) mass is 473 g/mol. The first-order chi connectivity index (χ1) is 11.9. The zero-order valence-corrected chi connectivity index (χ0v) is 19.3. The van der Waals surface area contributed by atoms with Crippen LogP contribution in [0.2, 0.25) is 0 Å². The van der Waals surface area contributed by atoms with Crippen molar-refractivity contribution in [3.05, 3.63) is 23.9 Å². The number of hydrogen-bond donors (Lipinski definition) is 2. The smallest absolute Gasteiger partial charge is 0.191 e. The highest BCUT2D eigenvalue weighted by Gasteiger charge is 2.20. The Morgan fingerprint density at radius 1 is 1.27 bits per heavy atom. The Bertz CT molecular complexity index is 542. The van der Waals surface area contributed by atoms with Crippen LogP contribution in [0, 0.1) is 12.3 Å². The van der Waals surface area contributed by atoms with Crippen LogP contribution in [-0.4, -0.2) is 43.7 Å². The number of nitrogens with zero attached hydrogens (tertiary/aromatic N) is 3. The largest absolute Gasteiger partial charge is 0.356 e. The van der Waals surface area contributed by atoms with E-state index in [-0.39, 0.29) is 24.0 Å². The van der Waals surface area contributed by atoms with Crippen molar-refractivity contribution in [3.8, 4) is 0 Å². The summed E-state index contributed by atoms with van der Waals surface area (Å²) in [4.78, 5) is 11.3. The molecule has 1 fully saturated rings. The molecule has 0 saturated carbocycles. The molecule has 0 unspecified atom stereocenters. The molecule has 2 rings (SSSR count).